The second-order valence-corrected chi connectivity index (χ2v) is 4.32. The van der Waals surface area contributed by atoms with Crippen LogP contribution in [0.25, 0.3) is 0 Å². The van der Waals surface area contributed by atoms with Crippen LogP contribution in [0.2, 0.25) is 0 Å². The fourth-order valence-corrected chi connectivity index (χ4v) is 2.08. The first-order valence-electron chi connectivity index (χ1n) is 6.51. The van der Waals surface area contributed by atoms with E-state index in [1.54, 1.807) is 0 Å². The Morgan fingerprint density at radius 2 is 2.12 bits per heavy atom. The fraction of sp³-hybridized carbons (Fsp3) is 0.917. The zero-order valence-electron chi connectivity index (χ0n) is 10.6. The zero-order valence-corrected chi connectivity index (χ0v) is 10.6. The normalized spacial score (nSPS) is 21.1. The number of carbonyl (C=O) groups excluding carboxylic acids is 1. The van der Waals surface area contributed by atoms with Crippen molar-refractivity contribution in [1.29, 1.82) is 0 Å². The molecule has 1 atom stereocenters. The van der Waals surface area contributed by atoms with Gasteiger partial charge in [-0.3, -0.25) is 4.79 Å². The summed E-state index contributed by atoms with van der Waals surface area (Å²) >= 11 is 0. The average Bonchev–Trinajstić information content (AvgIpc) is 2.35. The quantitative estimate of drug-likeness (QED) is 0.698. The maximum absolute atomic E-state index is 11.8. The van der Waals surface area contributed by atoms with Crippen LogP contribution in [0.5, 0.6) is 0 Å². The summed E-state index contributed by atoms with van der Waals surface area (Å²) in [7, 11) is 0. The Balaban J connectivity index is 2.13. The van der Waals surface area contributed by atoms with Crippen LogP contribution in [0.15, 0.2) is 0 Å². The average molecular weight is 227 g/mol. The van der Waals surface area contributed by atoms with Crippen molar-refractivity contribution in [3.8, 4) is 0 Å². The molecule has 0 aromatic heterocycles. The zero-order chi connectivity index (χ0) is 11.8. The molecule has 1 aliphatic rings. The molecule has 1 heterocycles. The molecule has 4 heteroatoms. The minimum atomic E-state index is 0.0467. The summed E-state index contributed by atoms with van der Waals surface area (Å²) < 4.78 is 0. The summed E-state index contributed by atoms with van der Waals surface area (Å²) in [6.07, 6.45) is 3.35. The number of carbonyl (C=O) groups is 1. The van der Waals surface area contributed by atoms with Crippen molar-refractivity contribution in [2.45, 2.75) is 39.2 Å². The summed E-state index contributed by atoms with van der Waals surface area (Å²) in [4.78, 5) is 14.1. The minimum Gasteiger partial charge on any atom is -0.353 e. The molecule has 0 bridgehead atoms. The van der Waals surface area contributed by atoms with E-state index in [0.717, 1.165) is 39.1 Å². The van der Waals surface area contributed by atoms with Gasteiger partial charge in [-0.15, -0.1) is 0 Å². The predicted octanol–water partition coefficient (Wildman–Crippen LogP) is 0.587. The summed E-state index contributed by atoms with van der Waals surface area (Å²) in [5.41, 5.74) is 0. The molecule has 0 aromatic carbocycles. The van der Waals surface area contributed by atoms with Gasteiger partial charge in [0, 0.05) is 13.1 Å². The molecule has 1 aliphatic heterocycles. The van der Waals surface area contributed by atoms with Gasteiger partial charge in [0.1, 0.15) is 0 Å². The second kappa shape index (κ2) is 7.63. The van der Waals surface area contributed by atoms with E-state index in [4.69, 9.17) is 0 Å². The molecule has 0 spiro atoms. The molecule has 2 N–H and O–H groups in total. The predicted molar refractivity (Wildman–Crippen MR) is 66.4 cm³/mol. The highest BCUT2D eigenvalue weighted by atomic mass is 16.2. The second-order valence-electron chi connectivity index (χ2n) is 4.32. The minimum absolute atomic E-state index is 0.0467. The smallest absolute Gasteiger partial charge is 0.237 e. The molecule has 0 aliphatic carbocycles. The number of hydrogen-bond acceptors (Lipinski definition) is 3. The van der Waals surface area contributed by atoms with Crippen LogP contribution in [0.1, 0.15) is 33.1 Å². The molecule has 1 rings (SSSR count). The summed E-state index contributed by atoms with van der Waals surface area (Å²) in [6, 6.07) is 0.0467. The maximum Gasteiger partial charge on any atom is 0.237 e. The Kier molecular flexibility index (Phi) is 6.42. The molecule has 1 amide bonds. The molecular formula is C12H25N3O. The third kappa shape index (κ3) is 4.49. The van der Waals surface area contributed by atoms with Crippen molar-refractivity contribution in [1.82, 2.24) is 15.5 Å². The van der Waals surface area contributed by atoms with Crippen LogP contribution in [-0.4, -0.2) is 49.6 Å². The topological polar surface area (TPSA) is 44.4 Å². The highest BCUT2D eigenvalue weighted by molar-refractivity contribution is 5.81. The van der Waals surface area contributed by atoms with E-state index < -0.39 is 0 Å². The number of nitrogens with zero attached hydrogens (tertiary/aromatic N) is 1. The molecular weight excluding hydrogens is 202 g/mol. The van der Waals surface area contributed by atoms with E-state index in [9.17, 15) is 4.79 Å². The first kappa shape index (κ1) is 13.5. The fourth-order valence-electron chi connectivity index (χ4n) is 2.08. The van der Waals surface area contributed by atoms with Crippen molar-refractivity contribution in [2.24, 2.45) is 0 Å². The third-order valence-corrected chi connectivity index (χ3v) is 3.25. The van der Waals surface area contributed by atoms with Crippen molar-refractivity contribution in [3.05, 3.63) is 0 Å². The molecule has 1 unspecified atom stereocenters. The van der Waals surface area contributed by atoms with Gasteiger partial charge in [0.15, 0.2) is 0 Å². The van der Waals surface area contributed by atoms with E-state index in [1.165, 1.54) is 12.8 Å². The lowest BCUT2D eigenvalue weighted by molar-refractivity contribution is -0.123. The van der Waals surface area contributed by atoms with E-state index >= 15 is 0 Å². The highest BCUT2D eigenvalue weighted by Gasteiger charge is 2.19. The molecule has 0 radical (unpaired) electrons. The lowest BCUT2D eigenvalue weighted by atomic mass is 10.0. The van der Waals surface area contributed by atoms with E-state index in [0.29, 0.717) is 0 Å². The van der Waals surface area contributed by atoms with Gasteiger partial charge in [0.25, 0.3) is 0 Å². The van der Waals surface area contributed by atoms with Crippen molar-refractivity contribution in [3.63, 3.8) is 0 Å². The van der Waals surface area contributed by atoms with Gasteiger partial charge in [-0.05, 0) is 32.5 Å². The molecule has 16 heavy (non-hydrogen) atoms. The number of hydrogen-bond donors (Lipinski definition) is 2. The van der Waals surface area contributed by atoms with Crippen LogP contribution in [0.4, 0.5) is 0 Å². The lowest BCUT2D eigenvalue weighted by Crippen LogP contribution is -2.48. The van der Waals surface area contributed by atoms with E-state index in [-0.39, 0.29) is 11.9 Å². The van der Waals surface area contributed by atoms with Gasteiger partial charge in [-0.2, -0.15) is 0 Å². The SMILES string of the molecule is CCN(CC)CCNC(=O)C1CCCCN1. The van der Waals surface area contributed by atoms with Crippen LogP contribution in [-0.2, 0) is 4.79 Å². The van der Waals surface area contributed by atoms with E-state index in [1.807, 2.05) is 0 Å². The van der Waals surface area contributed by atoms with Crippen LogP contribution in [0.3, 0.4) is 0 Å². The van der Waals surface area contributed by atoms with Gasteiger partial charge in [-0.1, -0.05) is 20.3 Å². The first-order valence-corrected chi connectivity index (χ1v) is 6.51. The first-order chi connectivity index (χ1) is 7.77. The molecule has 1 saturated heterocycles. The van der Waals surface area contributed by atoms with E-state index in [2.05, 4.69) is 29.4 Å². The Morgan fingerprint density at radius 1 is 1.38 bits per heavy atom. The molecule has 1 fully saturated rings. The Bertz CT molecular complexity index is 198. The van der Waals surface area contributed by atoms with Gasteiger partial charge >= 0.3 is 0 Å². The molecule has 94 valence electrons. The molecule has 0 aromatic rings. The Hall–Kier alpha value is -0.610. The third-order valence-electron chi connectivity index (χ3n) is 3.25. The number of likely N-dealkylation sites (N-methyl/N-ethyl adjacent to an activating group) is 1. The standard InChI is InChI=1S/C12H25N3O/c1-3-15(4-2)10-9-14-12(16)11-7-5-6-8-13-11/h11,13H,3-10H2,1-2H3,(H,14,16). The van der Waals surface area contributed by atoms with Crippen LogP contribution >= 0.6 is 0 Å². The van der Waals surface area contributed by atoms with Gasteiger partial charge in [0.2, 0.25) is 5.91 Å². The van der Waals surface area contributed by atoms with Gasteiger partial charge in [-0.25, -0.2) is 0 Å². The van der Waals surface area contributed by atoms with Crippen LogP contribution < -0.4 is 10.6 Å². The van der Waals surface area contributed by atoms with Crippen LogP contribution in [0, 0.1) is 0 Å². The number of rotatable bonds is 6. The van der Waals surface area contributed by atoms with Gasteiger partial charge in [0.05, 0.1) is 6.04 Å². The Labute approximate surface area is 98.8 Å². The summed E-state index contributed by atoms with van der Waals surface area (Å²) in [5, 5.41) is 6.27. The number of amides is 1. The maximum atomic E-state index is 11.8. The van der Waals surface area contributed by atoms with Crippen molar-refractivity contribution in [2.75, 3.05) is 32.7 Å². The van der Waals surface area contributed by atoms with Gasteiger partial charge < -0.3 is 15.5 Å². The summed E-state index contributed by atoms with van der Waals surface area (Å²) in [6.45, 7) is 9.09. The highest BCUT2D eigenvalue weighted by Crippen LogP contribution is 2.06. The molecule has 4 nitrogen and oxygen atoms in total. The number of nitrogens with one attached hydrogen (secondary N) is 2. The van der Waals surface area contributed by atoms with Crippen molar-refractivity contribution < 1.29 is 4.79 Å². The van der Waals surface area contributed by atoms with Crippen molar-refractivity contribution >= 4 is 5.91 Å². The lowest BCUT2D eigenvalue weighted by Gasteiger charge is -2.23. The largest absolute Gasteiger partial charge is 0.353 e. The monoisotopic (exact) mass is 227 g/mol. The molecule has 0 saturated carbocycles. The number of piperidine rings is 1. The Morgan fingerprint density at radius 3 is 2.69 bits per heavy atom. The summed E-state index contributed by atoms with van der Waals surface area (Å²) in [5.74, 6) is 0.173.